The number of rotatable bonds is 8. The largest absolute Gasteiger partial charge is 0.507 e. The fourth-order valence-corrected chi connectivity index (χ4v) is 2.53. The summed E-state index contributed by atoms with van der Waals surface area (Å²) < 4.78 is 0. The zero-order valence-electron chi connectivity index (χ0n) is 12.3. The van der Waals surface area contributed by atoms with Gasteiger partial charge in [-0.1, -0.05) is 39.2 Å². The molecule has 0 amide bonds. The van der Waals surface area contributed by atoms with Gasteiger partial charge >= 0.3 is 0 Å². The molecule has 0 spiro atoms. The van der Waals surface area contributed by atoms with Gasteiger partial charge in [0.2, 0.25) is 0 Å². The van der Waals surface area contributed by atoms with E-state index in [-0.39, 0.29) is 17.5 Å². The van der Waals surface area contributed by atoms with Gasteiger partial charge in [-0.2, -0.15) is 0 Å². The first kappa shape index (κ1) is 15.8. The predicted molar refractivity (Wildman–Crippen MR) is 79.5 cm³/mol. The van der Waals surface area contributed by atoms with Gasteiger partial charge in [0.15, 0.2) is 0 Å². The van der Waals surface area contributed by atoms with E-state index in [1.807, 2.05) is 6.92 Å². The average molecular weight is 265 g/mol. The molecule has 1 aromatic carbocycles. The van der Waals surface area contributed by atoms with Crippen LogP contribution in [0.3, 0.4) is 0 Å². The van der Waals surface area contributed by atoms with Gasteiger partial charge in [0, 0.05) is 12.1 Å². The molecule has 0 aromatic heterocycles. The molecule has 2 atom stereocenters. The van der Waals surface area contributed by atoms with Crippen LogP contribution in [-0.2, 0) is 0 Å². The summed E-state index contributed by atoms with van der Waals surface area (Å²) in [5.41, 5.74) is 0.597. The van der Waals surface area contributed by atoms with Gasteiger partial charge in [0.05, 0.1) is 5.56 Å². The van der Waals surface area contributed by atoms with E-state index in [1.54, 1.807) is 18.2 Å². The Balaban J connectivity index is 2.72. The normalized spacial score (nSPS) is 14.3. The average Bonchev–Trinajstić information content (AvgIpc) is 2.36. The lowest BCUT2D eigenvalue weighted by molar-refractivity contribution is 0.371. The molecule has 0 aliphatic carbocycles. The summed E-state index contributed by atoms with van der Waals surface area (Å²) in [6, 6.07) is 5.29. The SMILES string of the molecule is CCCCC(CCC)NC(C)c1c(O)cccc1O. The first-order valence-electron chi connectivity index (χ1n) is 7.37. The van der Waals surface area contributed by atoms with Crippen molar-refractivity contribution in [2.24, 2.45) is 0 Å². The molecule has 3 N–H and O–H groups in total. The van der Waals surface area contributed by atoms with Gasteiger partial charge in [-0.25, -0.2) is 0 Å². The fourth-order valence-electron chi connectivity index (χ4n) is 2.53. The summed E-state index contributed by atoms with van der Waals surface area (Å²) in [6.07, 6.45) is 5.80. The molecule has 0 bridgehead atoms. The van der Waals surface area contributed by atoms with Crippen molar-refractivity contribution in [3.8, 4) is 11.5 Å². The smallest absolute Gasteiger partial charge is 0.124 e. The maximum Gasteiger partial charge on any atom is 0.124 e. The number of nitrogens with one attached hydrogen (secondary N) is 1. The highest BCUT2D eigenvalue weighted by atomic mass is 16.3. The Kier molecular flexibility index (Phi) is 6.71. The number of phenolic OH excluding ortho intramolecular Hbond substituents is 2. The van der Waals surface area contributed by atoms with Crippen molar-refractivity contribution in [2.45, 2.75) is 65.0 Å². The van der Waals surface area contributed by atoms with Crippen LogP contribution in [0.25, 0.3) is 0 Å². The van der Waals surface area contributed by atoms with Crippen molar-refractivity contribution < 1.29 is 10.2 Å². The summed E-state index contributed by atoms with van der Waals surface area (Å²) in [7, 11) is 0. The number of unbranched alkanes of at least 4 members (excludes halogenated alkanes) is 1. The van der Waals surface area contributed by atoms with Crippen molar-refractivity contribution in [1.29, 1.82) is 0 Å². The highest BCUT2D eigenvalue weighted by Gasteiger charge is 2.18. The lowest BCUT2D eigenvalue weighted by Crippen LogP contribution is -2.31. The van der Waals surface area contributed by atoms with Crippen molar-refractivity contribution in [2.75, 3.05) is 0 Å². The van der Waals surface area contributed by atoms with Gasteiger partial charge in [-0.05, 0) is 31.9 Å². The lowest BCUT2D eigenvalue weighted by atomic mass is 10.0. The summed E-state index contributed by atoms with van der Waals surface area (Å²) in [5.74, 6) is 0.316. The van der Waals surface area contributed by atoms with E-state index >= 15 is 0 Å². The van der Waals surface area contributed by atoms with E-state index in [2.05, 4.69) is 19.2 Å². The van der Waals surface area contributed by atoms with Crippen molar-refractivity contribution in [3.63, 3.8) is 0 Å². The minimum Gasteiger partial charge on any atom is -0.507 e. The topological polar surface area (TPSA) is 52.5 Å². The van der Waals surface area contributed by atoms with Crippen LogP contribution in [0.5, 0.6) is 11.5 Å². The van der Waals surface area contributed by atoms with Crippen LogP contribution < -0.4 is 5.32 Å². The second kappa shape index (κ2) is 8.05. The van der Waals surface area contributed by atoms with E-state index in [9.17, 15) is 10.2 Å². The third-order valence-corrected chi connectivity index (χ3v) is 3.52. The monoisotopic (exact) mass is 265 g/mol. The van der Waals surface area contributed by atoms with Crippen LogP contribution in [0.2, 0.25) is 0 Å². The number of hydrogen-bond acceptors (Lipinski definition) is 3. The molecule has 3 nitrogen and oxygen atoms in total. The van der Waals surface area contributed by atoms with Crippen molar-refractivity contribution in [1.82, 2.24) is 5.32 Å². The fraction of sp³-hybridized carbons (Fsp3) is 0.625. The molecule has 2 unspecified atom stereocenters. The molecule has 1 aromatic rings. The Labute approximate surface area is 116 Å². The molecular formula is C16H27NO2. The lowest BCUT2D eigenvalue weighted by Gasteiger charge is -2.24. The third-order valence-electron chi connectivity index (χ3n) is 3.52. The van der Waals surface area contributed by atoms with E-state index in [0.29, 0.717) is 11.6 Å². The van der Waals surface area contributed by atoms with Gasteiger partial charge in [-0.15, -0.1) is 0 Å². The molecule has 0 saturated carbocycles. The molecule has 3 heteroatoms. The summed E-state index contributed by atoms with van der Waals surface area (Å²) in [4.78, 5) is 0. The minimum atomic E-state index is -0.0467. The first-order valence-corrected chi connectivity index (χ1v) is 7.37. The van der Waals surface area contributed by atoms with Gasteiger partial charge in [-0.3, -0.25) is 0 Å². The maximum absolute atomic E-state index is 9.88. The second-order valence-electron chi connectivity index (χ2n) is 5.23. The van der Waals surface area contributed by atoms with Crippen molar-refractivity contribution in [3.05, 3.63) is 23.8 Å². The van der Waals surface area contributed by atoms with Crippen LogP contribution >= 0.6 is 0 Å². The van der Waals surface area contributed by atoms with E-state index in [0.717, 1.165) is 19.3 Å². The number of aromatic hydroxyl groups is 2. The van der Waals surface area contributed by atoms with Gasteiger partial charge in [0.1, 0.15) is 11.5 Å². The molecule has 108 valence electrons. The Morgan fingerprint density at radius 3 is 2.21 bits per heavy atom. The van der Waals surface area contributed by atoms with Crippen LogP contribution in [0.4, 0.5) is 0 Å². The second-order valence-corrected chi connectivity index (χ2v) is 5.23. The van der Waals surface area contributed by atoms with Gasteiger partial charge in [0.25, 0.3) is 0 Å². The molecule has 1 rings (SSSR count). The Morgan fingerprint density at radius 1 is 1.05 bits per heavy atom. The van der Waals surface area contributed by atoms with Crippen LogP contribution in [0, 0.1) is 0 Å². The third kappa shape index (κ3) is 4.75. The summed E-state index contributed by atoms with van der Waals surface area (Å²) in [5, 5.41) is 23.3. The first-order chi connectivity index (χ1) is 9.10. The molecule has 0 fully saturated rings. The molecule has 0 heterocycles. The quantitative estimate of drug-likeness (QED) is 0.663. The molecule has 0 aliphatic rings. The van der Waals surface area contributed by atoms with Crippen LogP contribution in [0.1, 0.15) is 64.5 Å². The zero-order chi connectivity index (χ0) is 14.3. The highest BCUT2D eigenvalue weighted by Crippen LogP contribution is 2.32. The van der Waals surface area contributed by atoms with Crippen LogP contribution in [0.15, 0.2) is 18.2 Å². The van der Waals surface area contributed by atoms with Crippen LogP contribution in [-0.4, -0.2) is 16.3 Å². The van der Waals surface area contributed by atoms with Gasteiger partial charge < -0.3 is 15.5 Å². The number of phenols is 2. The number of hydrogen-bond donors (Lipinski definition) is 3. The maximum atomic E-state index is 9.88. The summed E-state index contributed by atoms with van der Waals surface area (Å²) in [6.45, 7) is 6.37. The molecule has 0 radical (unpaired) electrons. The molecule has 19 heavy (non-hydrogen) atoms. The zero-order valence-corrected chi connectivity index (χ0v) is 12.3. The number of benzene rings is 1. The van der Waals surface area contributed by atoms with E-state index in [1.165, 1.54) is 12.8 Å². The Hall–Kier alpha value is -1.22. The minimum absolute atomic E-state index is 0.0467. The van der Waals surface area contributed by atoms with Crippen molar-refractivity contribution >= 4 is 0 Å². The van der Waals surface area contributed by atoms with E-state index in [4.69, 9.17) is 0 Å². The Morgan fingerprint density at radius 2 is 1.68 bits per heavy atom. The Bertz CT molecular complexity index is 359. The predicted octanol–water partition coefficient (Wildman–Crippen LogP) is 4.11. The summed E-state index contributed by atoms with van der Waals surface area (Å²) >= 11 is 0. The molecular weight excluding hydrogens is 238 g/mol. The molecule has 0 saturated heterocycles. The molecule has 0 aliphatic heterocycles. The highest BCUT2D eigenvalue weighted by molar-refractivity contribution is 5.44. The van der Waals surface area contributed by atoms with E-state index < -0.39 is 0 Å². The standard InChI is InChI=1S/C16H27NO2/c1-4-6-9-13(8-5-2)17-12(3)16-14(18)10-7-11-15(16)19/h7,10-13,17-19H,4-6,8-9H2,1-3H3.